The number of para-hydroxylation sites is 1. The van der Waals surface area contributed by atoms with Crippen molar-refractivity contribution in [3.63, 3.8) is 0 Å². The molecule has 1 aliphatic heterocycles. The smallest absolute Gasteiger partial charge is 0.289 e. The van der Waals surface area contributed by atoms with Crippen LogP contribution < -0.4 is 5.32 Å². The van der Waals surface area contributed by atoms with Crippen LogP contribution in [0.1, 0.15) is 20.8 Å². The van der Waals surface area contributed by atoms with Gasteiger partial charge in [-0.25, -0.2) is 8.42 Å². The molecule has 1 heterocycles. The number of rotatable bonds is 12. The van der Waals surface area contributed by atoms with E-state index in [0.717, 1.165) is 10.5 Å². The van der Waals surface area contributed by atoms with Crippen molar-refractivity contribution in [1.82, 2.24) is 9.79 Å². The first-order valence-electron chi connectivity index (χ1n) is 11.3. The number of hydroxylamine groups is 1. The highest BCUT2D eigenvalue weighted by atomic mass is 32.2. The summed E-state index contributed by atoms with van der Waals surface area (Å²) < 4.78 is 39.7. The Balaban J connectivity index is 2.42. The molecule has 196 valence electrons. The van der Waals surface area contributed by atoms with Crippen LogP contribution in [0.5, 0.6) is 0 Å². The standard InChI is InChI=1S/C23H37N3O7SSi/c1-8-13-32-26(34(29,30)22-12-10-9-11-20(22)25(27)28)21-15-24-19(14-18(21)16-31-5)17-33-35(6,7)23(2,3)4/h8-12,14,19,21,24H,1,13,15-17H2,2-7H3. The van der Waals surface area contributed by atoms with E-state index in [1.54, 1.807) is 0 Å². The van der Waals surface area contributed by atoms with Gasteiger partial charge in [-0.1, -0.05) is 49.5 Å². The minimum absolute atomic E-state index is 0.0527. The van der Waals surface area contributed by atoms with Crippen LogP contribution in [0.15, 0.2) is 53.5 Å². The average Bonchev–Trinajstić information content (AvgIpc) is 2.78. The van der Waals surface area contributed by atoms with Gasteiger partial charge in [0.25, 0.3) is 15.7 Å². The Morgan fingerprint density at radius 1 is 1.31 bits per heavy atom. The van der Waals surface area contributed by atoms with Crippen molar-refractivity contribution in [3.8, 4) is 0 Å². The van der Waals surface area contributed by atoms with Gasteiger partial charge in [0, 0.05) is 25.8 Å². The lowest BCUT2D eigenvalue weighted by atomic mass is 10.0. The van der Waals surface area contributed by atoms with Crippen molar-refractivity contribution in [2.75, 3.05) is 33.5 Å². The van der Waals surface area contributed by atoms with E-state index in [1.807, 2.05) is 6.08 Å². The molecule has 0 aromatic heterocycles. The van der Waals surface area contributed by atoms with Gasteiger partial charge in [-0.05, 0) is 29.8 Å². The summed E-state index contributed by atoms with van der Waals surface area (Å²) in [4.78, 5) is 16.0. The molecule has 0 saturated heterocycles. The Morgan fingerprint density at radius 2 is 1.97 bits per heavy atom. The molecular weight excluding hydrogens is 490 g/mol. The molecule has 2 rings (SSSR count). The summed E-state index contributed by atoms with van der Waals surface area (Å²) in [6.45, 7) is 15.1. The number of methoxy groups -OCH3 is 1. The van der Waals surface area contributed by atoms with Gasteiger partial charge in [0.05, 0.1) is 30.8 Å². The second kappa shape index (κ2) is 11.9. The lowest BCUT2D eigenvalue weighted by Gasteiger charge is -2.39. The van der Waals surface area contributed by atoms with E-state index in [4.69, 9.17) is 14.0 Å². The molecule has 12 heteroatoms. The molecule has 0 spiro atoms. The summed E-state index contributed by atoms with van der Waals surface area (Å²) in [5.74, 6) is 0. The fourth-order valence-electron chi connectivity index (χ4n) is 3.34. The van der Waals surface area contributed by atoms with Gasteiger partial charge in [-0.15, -0.1) is 6.58 Å². The van der Waals surface area contributed by atoms with E-state index in [9.17, 15) is 18.5 Å². The number of hydrogen-bond acceptors (Lipinski definition) is 8. The van der Waals surface area contributed by atoms with E-state index in [-0.39, 0.29) is 30.8 Å². The second-order valence-electron chi connectivity index (χ2n) is 9.85. The lowest BCUT2D eigenvalue weighted by molar-refractivity contribution is -0.387. The van der Waals surface area contributed by atoms with Crippen LogP contribution in [0.3, 0.4) is 0 Å². The molecule has 0 radical (unpaired) electrons. The van der Waals surface area contributed by atoms with E-state index in [0.29, 0.717) is 12.2 Å². The molecular formula is C23H37N3O7SSi. The van der Waals surface area contributed by atoms with Crippen LogP contribution in [0, 0.1) is 10.1 Å². The zero-order valence-electron chi connectivity index (χ0n) is 21.3. The fourth-order valence-corrected chi connectivity index (χ4v) is 5.97. The monoisotopic (exact) mass is 527 g/mol. The number of ether oxygens (including phenoxy) is 1. The van der Waals surface area contributed by atoms with Crippen LogP contribution >= 0.6 is 0 Å². The number of sulfonamides is 1. The van der Waals surface area contributed by atoms with Gasteiger partial charge >= 0.3 is 0 Å². The Hall–Kier alpha value is -1.93. The molecule has 0 aliphatic carbocycles. The van der Waals surface area contributed by atoms with Crippen LogP contribution in [0.25, 0.3) is 0 Å². The molecule has 2 unspecified atom stereocenters. The van der Waals surface area contributed by atoms with Gasteiger partial charge < -0.3 is 14.5 Å². The highest BCUT2D eigenvalue weighted by Gasteiger charge is 2.41. The predicted octanol–water partition coefficient (Wildman–Crippen LogP) is 3.64. The summed E-state index contributed by atoms with van der Waals surface area (Å²) >= 11 is 0. The molecule has 1 aromatic carbocycles. The van der Waals surface area contributed by atoms with Crippen molar-refractivity contribution < 1.29 is 27.3 Å². The zero-order chi connectivity index (χ0) is 26.4. The molecule has 1 aliphatic rings. The molecule has 1 N–H and O–H groups in total. The number of nitrogens with one attached hydrogen (secondary N) is 1. The lowest BCUT2D eigenvalue weighted by Crippen LogP contribution is -2.54. The van der Waals surface area contributed by atoms with Gasteiger partial charge in [0.15, 0.2) is 13.2 Å². The maximum atomic E-state index is 13.6. The van der Waals surface area contributed by atoms with Gasteiger partial charge in [-0.2, -0.15) is 0 Å². The number of nitrogens with zero attached hydrogens (tertiary/aromatic N) is 2. The van der Waals surface area contributed by atoms with Crippen molar-refractivity contribution in [3.05, 3.63) is 58.7 Å². The number of nitro benzene ring substituents is 1. The van der Waals surface area contributed by atoms with E-state index >= 15 is 0 Å². The Kier molecular flexibility index (Phi) is 9.93. The Bertz CT molecular complexity index is 1040. The Morgan fingerprint density at radius 3 is 2.54 bits per heavy atom. The predicted molar refractivity (Wildman–Crippen MR) is 137 cm³/mol. The average molecular weight is 528 g/mol. The molecule has 10 nitrogen and oxygen atoms in total. The highest BCUT2D eigenvalue weighted by molar-refractivity contribution is 7.89. The topological polar surface area (TPSA) is 120 Å². The molecule has 35 heavy (non-hydrogen) atoms. The normalized spacial score (nSPS) is 19.5. The van der Waals surface area contributed by atoms with Crippen LogP contribution in [0.4, 0.5) is 5.69 Å². The summed E-state index contributed by atoms with van der Waals surface area (Å²) in [6, 6.07) is 4.26. The largest absolute Gasteiger partial charge is 0.415 e. The summed E-state index contributed by atoms with van der Waals surface area (Å²) in [6.07, 6.45) is 3.30. The summed E-state index contributed by atoms with van der Waals surface area (Å²) in [7, 11) is -4.87. The first-order chi connectivity index (χ1) is 16.3. The molecule has 0 amide bonds. The molecule has 0 bridgehead atoms. The van der Waals surface area contributed by atoms with E-state index < -0.39 is 39.9 Å². The van der Waals surface area contributed by atoms with Crippen molar-refractivity contribution in [2.24, 2.45) is 0 Å². The van der Waals surface area contributed by atoms with Gasteiger partial charge in [-0.3, -0.25) is 15.0 Å². The fraction of sp³-hybridized carbons (Fsp3) is 0.565. The van der Waals surface area contributed by atoms with Crippen molar-refractivity contribution >= 4 is 24.0 Å². The molecule has 0 saturated carbocycles. The number of hydrogen-bond donors (Lipinski definition) is 1. The highest BCUT2D eigenvalue weighted by Crippen LogP contribution is 2.37. The maximum absolute atomic E-state index is 13.6. The van der Waals surface area contributed by atoms with E-state index in [1.165, 1.54) is 31.4 Å². The van der Waals surface area contributed by atoms with Crippen molar-refractivity contribution in [1.29, 1.82) is 0 Å². The minimum Gasteiger partial charge on any atom is -0.415 e. The quantitative estimate of drug-likeness (QED) is 0.189. The zero-order valence-corrected chi connectivity index (χ0v) is 23.1. The number of benzene rings is 1. The summed E-state index contributed by atoms with van der Waals surface area (Å²) in [5.41, 5.74) is 0.141. The molecule has 0 fully saturated rings. The minimum atomic E-state index is -4.41. The summed E-state index contributed by atoms with van der Waals surface area (Å²) in [5, 5.41) is 14.9. The third kappa shape index (κ3) is 7.06. The van der Waals surface area contributed by atoms with Crippen LogP contribution in [0.2, 0.25) is 18.1 Å². The third-order valence-electron chi connectivity index (χ3n) is 6.31. The molecule has 2 atom stereocenters. The Labute approximate surface area is 209 Å². The van der Waals surface area contributed by atoms with Gasteiger partial charge in [0.1, 0.15) is 0 Å². The molecule has 1 aromatic rings. The van der Waals surface area contributed by atoms with Crippen LogP contribution in [-0.2, 0) is 24.0 Å². The first-order valence-corrected chi connectivity index (χ1v) is 15.7. The second-order valence-corrected chi connectivity index (χ2v) is 16.4. The maximum Gasteiger partial charge on any atom is 0.289 e. The third-order valence-corrected chi connectivity index (χ3v) is 12.5. The van der Waals surface area contributed by atoms with Gasteiger partial charge in [0.2, 0.25) is 0 Å². The van der Waals surface area contributed by atoms with E-state index in [2.05, 4.69) is 45.8 Å². The first kappa shape index (κ1) is 29.3. The van der Waals surface area contributed by atoms with Crippen LogP contribution in [-0.4, -0.2) is 71.7 Å². The number of nitro groups is 1. The SMILES string of the molecule is C=CCON(C1CNC(CO[Si](C)(C)C(C)(C)C)C=C1COC)S(=O)(=O)c1ccccc1[N+](=O)[O-]. The van der Waals surface area contributed by atoms with Crippen molar-refractivity contribution in [2.45, 2.75) is 55.9 Å².